The largest absolute Gasteiger partial charge is 0.480 e. The molecule has 1 aliphatic rings. The Morgan fingerprint density at radius 1 is 1.40 bits per heavy atom. The Bertz CT molecular complexity index is 278. The molecule has 0 bridgehead atoms. The second kappa shape index (κ2) is 4.05. The van der Waals surface area contributed by atoms with Gasteiger partial charge in [0.05, 0.1) is 13.2 Å². The first-order valence-electron chi connectivity index (χ1n) is 4.02. The molecule has 15 heavy (non-hydrogen) atoms. The summed E-state index contributed by atoms with van der Waals surface area (Å²) < 4.78 is 40.8. The Kier molecular flexibility index (Phi) is 3.18. The van der Waals surface area contributed by atoms with Crippen molar-refractivity contribution < 1.29 is 32.6 Å². The number of nitrogens with zero attached hydrogens (tertiary/aromatic N) is 1. The summed E-state index contributed by atoms with van der Waals surface area (Å²) in [5, 5.41) is 8.58. The molecule has 1 atom stereocenters. The normalized spacial score (nSPS) is 22.6. The maximum Gasteiger partial charge on any atom is 0.471 e. The maximum absolute atomic E-state index is 12.0. The Hall–Kier alpha value is -1.31. The van der Waals surface area contributed by atoms with Gasteiger partial charge in [0.2, 0.25) is 0 Å². The van der Waals surface area contributed by atoms with Crippen LogP contribution in [0.15, 0.2) is 0 Å². The second-order valence-electron chi connectivity index (χ2n) is 2.93. The first-order chi connectivity index (χ1) is 6.84. The molecule has 1 aliphatic heterocycles. The molecular weight excluding hydrogens is 219 g/mol. The number of halogens is 3. The molecule has 0 aromatic carbocycles. The lowest BCUT2D eigenvalue weighted by Crippen LogP contribution is -2.56. The van der Waals surface area contributed by atoms with Gasteiger partial charge in [-0.1, -0.05) is 0 Å². The number of carboxylic acid groups (broad SMARTS) is 1. The van der Waals surface area contributed by atoms with Gasteiger partial charge in [0, 0.05) is 6.54 Å². The summed E-state index contributed by atoms with van der Waals surface area (Å²) in [5.41, 5.74) is 0. The SMILES string of the molecule is O=C(O)[C@H]1COCCN1C(=O)C(F)(F)F. The Morgan fingerprint density at radius 2 is 2.00 bits per heavy atom. The molecule has 1 amide bonds. The summed E-state index contributed by atoms with van der Waals surface area (Å²) in [6, 6.07) is -1.56. The summed E-state index contributed by atoms with van der Waals surface area (Å²) in [6.45, 7) is -0.877. The molecule has 5 nitrogen and oxygen atoms in total. The van der Waals surface area contributed by atoms with Gasteiger partial charge in [-0.3, -0.25) is 4.79 Å². The Labute approximate surface area is 82.4 Å². The lowest BCUT2D eigenvalue weighted by Gasteiger charge is -2.33. The van der Waals surface area contributed by atoms with Gasteiger partial charge >= 0.3 is 18.1 Å². The molecule has 1 N–H and O–H groups in total. The molecule has 1 saturated heterocycles. The quantitative estimate of drug-likeness (QED) is 0.677. The van der Waals surface area contributed by atoms with Crippen molar-refractivity contribution in [3.8, 4) is 0 Å². The van der Waals surface area contributed by atoms with Gasteiger partial charge in [-0.15, -0.1) is 0 Å². The van der Waals surface area contributed by atoms with Crippen molar-refractivity contribution in [1.29, 1.82) is 0 Å². The predicted molar refractivity (Wildman–Crippen MR) is 40.0 cm³/mol. The number of carbonyl (C=O) groups is 2. The fourth-order valence-electron chi connectivity index (χ4n) is 1.21. The number of ether oxygens (including phenoxy) is 1. The minimum absolute atomic E-state index is 0.0917. The molecular formula is C7H8F3NO4. The van der Waals surface area contributed by atoms with Crippen molar-refractivity contribution in [2.24, 2.45) is 0 Å². The van der Waals surface area contributed by atoms with E-state index in [1.807, 2.05) is 0 Å². The van der Waals surface area contributed by atoms with E-state index in [9.17, 15) is 22.8 Å². The van der Waals surface area contributed by atoms with Gasteiger partial charge in [-0.2, -0.15) is 13.2 Å². The number of morpholine rings is 1. The minimum atomic E-state index is -5.05. The van der Waals surface area contributed by atoms with Crippen molar-refractivity contribution in [3.63, 3.8) is 0 Å². The molecule has 0 aliphatic carbocycles. The third-order valence-electron chi connectivity index (χ3n) is 1.92. The van der Waals surface area contributed by atoms with Crippen LogP contribution in [0.5, 0.6) is 0 Å². The average Bonchev–Trinajstić information content (AvgIpc) is 2.15. The lowest BCUT2D eigenvalue weighted by molar-refractivity contribution is -0.195. The molecule has 0 saturated carbocycles. The number of amides is 1. The van der Waals surface area contributed by atoms with Crippen molar-refractivity contribution >= 4 is 11.9 Å². The van der Waals surface area contributed by atoms with E-state index in [1.165, 1.54) is 0 Å². The monoisotopic (exact) mass is 227 g/mol. The number of aliphatic carboxylic acids is 1. The van der Waals surface area contributed by atoms with Gasteiger partial charge in [0.25, 0.3) is 0 Å². The summed E-state index contributed by atoms with van der Waals surface area (Å²) in [7, 11) is 0. The van der Waals surface area contributed by atoms with Crippen molar-refractivity contribution in [3.05, 3.63) is 0 Å². The molecule has 1 fully saturated rings. The highest BCUT2D eigenvalue weighted by Gasteiger charge is 2.47. The predicted octanol–water partition coefficient (Wildman–Crippen LogP) is -0.139. The molecule has 0 aromatic heterocycles. The van der Waals surface area contributed by atoms with Crippen LogP contribution in [-0.2, 0) is 14.3 Å². The molecule has 0 unspecified atom stereocenters. The van der Waals surface area contributed by atoms with Gasteiger partial charge in [0.15, 0.2) is 6.04 Å². The molecule has 0 aromatic rings. The van der Waals surface area contributed by atoms with Crippen molar-refractivity contribution in [2.75, 3.05) is 19.8 Å². The van der Waals surface area contributed by atoms with E-state index < -0.39 is 30.7 Å². The minimum Gasteiger partial charge on any atom is -0.480 e. The number of hydrogen-bond donors (Lipinski definition) is 1. The van der Waals surface area contributed by atoms with Crippen LogP contribution in [0.2, 0.25) is 0 Å². The third-order valence-corrected chi connectivity index (χ3v) is 1.92. The van der Waals surface area contributed by atoms with Gasteiger partial charge < -0.3 is 14.7 Å². The van der Waals surface area contributed by atoms with Gasteiger partial charge in [-0.25, -0.2) is 4.79 Å². The van der Waals surface area contributed by atoms with Crippen LogP contribution in [0.25, 0.3) is 0 Å². The maximum atomic E-state index is 12.0. The van der Waals surface area contributed by atoms with Crippen LogP contribution in [0.1, 0.15) is 0 Å². The van der Waals surface area contributed by atoms with Crippen LogP contribution in [-0.4, -0.2) is 53.9 Å². The lowest BCUT2D eigenvalue weighted by atomic mass is 10.2. The van der Waals surface area contributed by atoms with Crippen LogP contribution < -0.4 is 0 Å². The van der Waals surface area contributed by atoms with Crippen LogP contribution in [0.3, 0.4) is 0 Å². The van der Waals surface area contributed by atoms with E-state index in [4.69, 9.17) is 9.84 Å². The first-order valence-corrected chi connectivity index (χ1v) is 4.02. The van der Waals surface area contributed by atoms with E-state index in [2.05, 4.69) is 0 Å². The zero-order chi connectivity index (χ0) is 11.6. The second-order valence-corrected chi connectivity index (χ2v) is 2.93. The standard InChI is InChI=1S/C7H8F3NO4/c8-7(9,10)6(14)11-1-2-15-3-4(11)5(12)13/h4H,1-3H2,(H,12,13)/t4-/m1/s1. The summed E-state index contributed by atoms with van der Waals surface area (Å²) in [6.07, 6.45) is -5.05. The van der Waals surface area contributed by atoms with E-state index >= 15 is 0 Å². The van der Waals surface area contributed by atoms with E-state index in [1.54, 1.807) is 0 Å². The number of hydrogen-bond acceptors (Lipinski definition) is 3. The van der Waals surface area contributed by atoms with E-state index in [-0.39, 0.29) is 18.1 Å². The summed E-state index contributed by atoms with van der Waals surface area (Å²) >= 11 is 0. The average molecular weight is 227 g/mol. The summed E-state index contributed by atoms with van der Waals surface area (Å²) in [5.74, 6) is -3.65. The Morgan fingerprint density at radius 3 is 2.47 bits per heavy atom. The van der Waals surface area contributed by atoms with Crippen LogP contribution >= 0.6 is 0 Å². The molecule has 86 valence electrons. The Balaban J connectivity index is 2.81. The highest BCUT2D eigenvalue weighted by molar-refractivity contribution is 5.87. The van der Waals surface area contributed by atoms with Gasteiger partial charge in [0.1, 0.15) is 0 Å². The molecule has 1 rings (SSSR count). The summed E-state index contributed by atoms with van der Waals surface area (Å²) in [4.78, 5) is 21.6. The molecule has 0 spiro atoms. The molecule has 8 heteroatoms. The first kappa shape index (κ1) is 11.8. The topological polar surface area (TPSA) is 66.8 Å². The fraction of sp³-hybridized carbons (Fsp3) is 0.714. The zero-order valence-corrected chi connectivity index (χ0v) is 7.45. The van der Waals surface area contributed by atoms with Crippen LogP contribution in [0.4, 0.5) is 13.2 Å². The zero-order valence-electron chi connectivity index (χ0n) is 7.45. The number of alkyl halides is 3. The third kappa shape index (κ3) is 2.58. The highest BCUT2D eigenvalue weighted by atomic mass is 19.4. The van der Waals surface area contributed by atoms with Crippen LogP contribution in [0, 0.1) is 0 Å². The van der Waals surface area contributed by atoms with E-state index in [0.717, 1.165) is 0 Å². The highest BCUT2D eigenvalue weighted by Crippen LogP contribution is 2.21. The number of carboxylic acids is 1. The van der Waals surface area contributed by atoms with Crippen molar-refractivity contribution in [2.45, 2.75) is 12.2 Å². The molecule has 0 radical (unpaired) electrons. The number of carbonyl (C=O) groups excluding carboxylic acids is 1. The van der Waals surface area contributed by atoms with Gasteiger partial charge in [-0.05, 0) is 0 Å². The molecule has 1 heterocycles. The number of rotatable bonds is 1. The smallest absolute Gasteiger partial charge is 0.471 e. The van der Waals surface area contributed by atoms with Crippen molar-refractivity contribution in [1.82, 2.24) is 4.90 Å². The van der Waals surface area contributed by atoms with E-state index in [0.29, 0.717) is 0 Å². The fourth-order valence-corrected chi connectivity index (χ4v) is 1.21.